The number of rotatable bonds is 4. The highest BCUT2D eigenvalue weighted by atomic mass is 19.4. The van der Waals surface area contributed by atoms with Gasteiger partial charge in [-0.05, 0) is 42.0 Å². The second-order valence-electron chi connectivity index (χ2n) is 5.45. The average Bonchev–Trinajstić information content (AvgIpc) is 3.14. The van der Waals surface area contributed by atoms with Crippen molar-refractivity contribution in [2.45, 2.75) is 6.18 Å². The molecule has 0 radical (unpaired) electrons. The fourth-order valence-corrected chi connectivity index (χ4v) is 2.28. The molecule has 27 heavy (non-hydrogen) atoms. The molecule has 0 fully saturated rings. The van der Waals surface area contributed by atoms with Gasteiger partial charge in [0, 0.05) is 11.8 Å². The van der Waals surface area contributed by atoms with Crippen molar-refractivity contribution in [3.63, 3.8) is 0 Å². The van der Waals surface area contributed by atoms with Crippen molar-refractivity contribution in [1.29, 1.82) is 0 Å². The lowest BCUT2D eigenvalue weighted by Gasteiger charge is -2.07. The van der Waals surface area contributed by atoms with Crippen LogP contribution in [0.5, 0.6) is 0 Å². The Bertz CT molecular complexity index is 981. The first-order valence-electron chi connectivity index (χ1n) is 7.64. The molecule has 3 rings (SSSR count). The number of hydrogen-bond acceptors (Lipinski definition) is 3. The van der Waals surface area contributed by atoms with Crippen molar-refractivity contribution in [2.75, 3.05) is 5.32 Å². The lowest BCUT2D eigenvalue weighted by atomic mass is 10.1. The van der Waals surface area contributed by atoms with Crippen LogP contribution in [0.2, 0.25) is 0 Å². The molecule has 1 aromatic heterocycles. The second kappa shape index (κ2) is 7.40. The molecule has 0 saturated heterocycles. The number of carbonyl (C=O) groups excluding carboxylic acids is 1. The molecule has 0 bridgehead atoms. The summed E-state index contributed by atoms with van der Waals surface area (Å²) >= 11 is 0. The molecule has 1 amide bonds. The van der Waals surface area contributed by atoms with Gasteiger partial charge in [0.25, 0.3) is 0 Å². The zero-order valence-electron chi connectivity index (χ0n) is 13.6. The molecule has 2 aromatic carbocycles. The average molecular weight is 376 g/mol. The summed E-state index contributed by atoms with van der Waals surface area (Å²) in [5.41, 5.74) is -0.247. The van der Waals surface area contributed by atoms with Crippen LogP contribution in [0.15, 0.2) is 61.2 Å². The van der Waals surface area contributed by atoms with Gasteiger partial charge in [-0.25, -0.2) is 14.1 Å². The summed E-state index contributed by atoms with van der Waals surface area (Å²) in [6, 6.07) is 8.54. The lowest BCUT2D eigenvalue weighted by molar-refractivity contribution is -0.137. The highest BCUT2D eigenvalue weighted by molar-refractivity contribution is 6.01. The van der Waals surface area contributed by atoms with Gasteiger partial charge in [-0.2, -0.15) is 18.3 Å². The third-order valence-corrected chi connectivity index (χ3v) is 3.52. The Morgan fingerprint density at radius 2 is 1.96 bits per heavy atom. The van der Waals surface area contributed by atoms with Gasteiger partial charge in [-0.1, -0.05) is 12.1 Å². The molecule has 0 aliphatic carbocycles. The lowest BCUT2D eigenvalue weighted by Crippen LogP contribution is -2.09. The second-order valence-corrected chi connectivity index (χ2v) is 5.45. The van der Waals surface area contributed by atoms with Crippen LogP contribution in [0, 0.1) is 5.82 Å². The summed E-state index contributed by atoms with van der Waals surface area (Å²) in [5.74, 6) is -1.24. The van der Waals surface area contributed by atoms with E-state index in [0.29, 0.717) is 0 Å². The Kier molecular flexibility index (Phi) is 5.02. The first-order valence-corrected chi connectivity index (χ1v) is 7.64. The van der Waals surface area contributed by atoms with Crippen molar-refractivity contribution in [3.8, 4) is 5.69 Å². The Labute approximate surface area is 151 Å². The minimum atomic E-state index is -4.46. The molecule has 138 valence electrons. The minimum absolute atomic E-state index is 0.157. The molecule has 0 aliphatic heterocycles. The molecule has 1 heterocycles. The molecular weight excluding hydrogens is 364 g/mol. The van der Waals surface area contributed by atoms with Crippen molar-refractivity contribution >= 4 is 17.7 Å². The molecular formula is C18H12F4N4O. The van der Waals surface area contributed by atoms with E-state index < -0.39 is 23.5 Å². The van der Waals surface area contributed by atoms with E-state index in [0.717, 1.165) is 24.3 Å². The van der Waals surface area contributed by atoms with Crippen LogP contribution in [0.3, 0.4) is 0 Å². The number of alkyl halides is 3. The third-order valence-electron chi connectivity index (χ3n) is 3.52. The van der Waals surface area contributed by atoms with Gasteiger partial charge in [-0.15, -0.1) is 0 Å². The Morgan fingerprint density at radius 3 is 2.63 bits per heavy atom. The summed E-state index contributed by atoms with van der Waals surface area (Å²) < 4.78 is 53.4. The van der Waals surface area contributed by atoms with Crippen molar-refractivity contribution < 1.29 is 22.4 Å². The molecule has 0 saturated carbocycles. The summed E-state index contributed by atoms with van der Waals surface area (Å²) in [6.45, 7) is 0. The van der Waals surface area contributed by atoms with Gasteiger partial charge in [0.15, 0.2) is 5.82 Å². The highest BCUT2D eigenvalue weighted by Gasteiger charge is 2.30. The number of nitrogens with one attached hydrogen (secondary N) is 1. The Morgan fingerprint density at radius 1 is 1.15 bits per heavy atom. The number of anilines is 1. The largest absolute Gasteiger partial charge is 0.416 e. The van der Waals surface area contributed by atoms with E-state index in [-0.39, 0.29) is 16.9 Å². The van der Waals surface area contributed by atoms with E-state index >= 15 is 0 Å². The van der Waals surface area contributed by atoms with Crippen LogP contribution in [0.25, 0.3) is 11.8 Å². The topological polar surface area (TPSA) is 59.8 Å². The molecule has 0 aliphatic rings. The number of aromatic nitrogens is 3. The predicted molar refractivity (Wildman–Crippen MR) is 90.4 cm³/mol. The van der Waals surface area contributed by atoms with Gasteiger partial charge >= 0.3 is 6.18 Å². The van der Waals surface area contributed by atoms with Crippen LogP contribution < -0.4 is 5.32 Å². The van der Waals surface area contributed by atoms with Crippen LogP contribution in [0.4, 0.5) is 23.2 Å². The highest BCUT2D eigenvalue weighted by Crippen LogP contribution is 2.29. The number of benzene rings is 2. The maximum absolute atomic E-state index is 14.1. The van der Waals surface area contributed by atoms with Gasteiger partial charge in [0.05, 0.1) is 5.56 Å². The first-order chi connectivity index (χ1) is 12.8. The Balaban J connectivity index is 1.69. The maximum atomic E-state index is 14.1. The standard InChI is InChI=1S/C18H12F4N4O/c19-15-9-14(5-6-16(15)26-11-23-10-24-26)25-17(27)7-4-12-2-1-3-13(8-12)18(20,21)22/h1-11H,(H,25,27)/b7-4+. The van der Waals surface area contributed by atoms with Crippen molar-refractivity contribution in [2.24, 2.45) is 0 Å². The van der Waals surface area contributed by atoms with Crippen LogP contribution in [-0.4, -0.2) is 20.7 Å². The molecule has 9 heteroatoms. The molecule has 3 aromatic rings. The quantitative estimate of drug-likeness (QED) is 0.551. The van der Waals surface area contributed by atoms with Crippen LogP contribution in [0.1, 0.15) is 11.1 Å². The SMILES string of the molecule is O=C(/C=C/c1cccc(C(F)(F)F)c1)Nc1ccc(-n2cncn2)c(F)c1. The van der Waals surface area contributed by atoms with Crippen LogP contribution >= 0.6 is 0 Å². The first kappa shape index (κ1) is 18.3. The van der Waals surface area contributed by atoms with Gasteiger partial charge in [0.2, 0.25) is 5.91 Å². The molecule has 0 spiro atoms. The van der Waals surface area contributed by atoms with Gasteiger partial charge in [0.1, 0.15) is 18.3 Å². The summed E-state index contributed by atoms with van der Waals surface area (Å²) in [4.78, 5) is 15.6. The third kappa shape index (κ3) is 4.57. The molecule has 1 N–H and O–H groups in total. The zero-order valence-corrected chi connectivity index (χ0v) is 13.6. The predicted octanol–water partition coefficient (Wildman–Crippen LogP) is 4.08. The van der Waals surface area contributed by atoms with Gasteiger partial charge in [-0.3, -0.25) is 4.79 Å². The van der Waals surface area contributed by atoms with E-state index in [1.54, 1.807) is 0 Å². The summed E-state index contributed by atoms with van der Waals surface area (Å²) in [5, 5.41) is 6.25. The summed E-state index contributed by atoms with van der Waals surface area (Å²) in [6.07, 6.45) is 0.432. The van der Waals surface area contributed by atoms with E-state index in [4.69, 9.17) is 0 Å². The number of amides is 1. The van der Waals surface area contributed by atoms with E-state index in [1.807, 2.05) is 0 Å². The van der Waals surface area contributed by atoms with E-state index in [1.165, 1.54) is 47.7 Å². The Hall–Kier alpha value is -3.49. The zero-order chi connectivity index (χ0) is 19.4. The minimum Gasteiger partial charge on any atom is -0.322 e. The number of halogens is 4. The van der Waals surface area contributed by atoms with Crippen molar-refractivity contribution in [3.05, 3.63) is 78.1 Å². The smallest absolute Gasteiger partial charge is 0.322 e. The van der Waals surface area contributed by atoms with E-state index in [2.05, 4.69) is 15.4 Å². The molecule has 0 atom stereocenters. The normalized spacial score (nSPS) is 11.7. The molecule has 5 nitrogen and oxygen atoms in total. The molecule has 0 unspecified atom stereocenters. The fourth-order valence-electron chi connectivity index (χ4n) is 2.28. The number of nitrogens with zero attached hydrogens (tertiary/aromatic N) is 3. The monoisotopic (exact) mass is 376 g/mol. The maximum Gasteiger partial charge on any atom is 0.416 e. The fraction of sp³-hybridized carbons (Fsp3) is 0.0556. The number of hydrogen-bond donors (Lipinski definition) is 1. The number of carbonyl (C=O) groups is 1. The van der Waals surface area contributed by atoms with E-state index in [9.17, 15) is 22.4 Å². The summed E-state index contributed by atoms with van der Waals surface area (Å²) in [7, 11) is 0. The van der Waals surface area contributed by atoms with Crippen LogP contribution in [-0.2, 0) is 11.0 Å². The van der Waals surface area contributed by atoms with Crippen molar-refractivity contribution in [1.82, 2.24) is 14.8 Å². The van der Waals surface area contributed by atoms with Gasteiger partial charge < -0.3 is 5.32 Å².